The van der Waals surface area contributed by atoms with Gasteiger partial charge in [0.1, 0.15) is 11.9 Å². The van der Waals surface area contributed by atoms with Crippen molar-refractivity contribution in [3.05, 3.63) is 65.5 Å². The SMILES string of the molecule is N#Cc1cc(-c2cc(-c3ccccc3C(=O)O)[nH]n2)ccc1F. The number of aromatic nitrogens is 2. The van der Waals surface area contributed by atoms with Crippen molar-refractivity contribution in [2.75, 3.05) is 0 Å². The maximum absolute atomic E-state index is 13.4. The van der Waals surface area contributed by atoms with E-state index in [4.69, 9.17) is 5.26 Å². The molecule has 0 unspecified atom stereocenters. The third-order valence-electron chi connectivity index (χ3n) is 3.41. The molecule has 0 saturated heterocycles. The zero-order valence-electron chi connectivity index (χ0n) is 11.7. The van der Waals surface area contributed by atoms with Crippen LogP contribution in [0, 0.1) is 17.1 Å². The molecular formula is C17H10FN3O2. The summed E-state index contributed by atoms with van der Waals surface area (Å²) < 4.78 is 13.4. The molecule has 0 amide bonds. The van der Waals surface area contributed by atoms with E-state index in [1.807, 2.05) is 0 Å². The van der Waals surface area contributed by atoms with Crippen LogP contribution in [0.4, 0.5) is 4.39 Å². The number of carboxylic acid groups (broad SMARTS) is 1. The molecule has 1 heterocycles. The van der Waals surface area contributed by atoms with Gasteiger partial charge in [0.25, 0.3) is 0 Å². The normalized spacial score (nSPS) is 10.3. The minimum atomic E-state index is -1.04. The summed E-state index contributed by atoms with van der Waals surface area (Å²) in [6, 6.07) is 14.1. The molecule has 112 valence electrons. The molecule has 1 aromatic heterocycles. The Hall–Kier alpha value is -3.46. The number of nitrogens with zero attached hydrogens (tertiary/aromatic N) is 2. The molecule has 0 aliphatic carbocycles. The number of nitriles is 1. The lowest BCUT2D eigenvalue weighted by molar-refractivity contribution is 0.0697. The number of benzene rings is 2. The van der Waals surface area contributed by atoms with Crippen molar-refractivity contribution >= 4 is 5.97 Å². The molecule has 0 radical (unpaired) electrons. The average Bonchev–Trinajstić information content (AvgIpc) is 3.05. The van der Waals surface area contributed by atoms with Crippen LogP contribution in [0.5, 0.6) is 0 Å². The zero-order chi connectivity index (χ0) is 16.4. The van der Waals surface area contributed by atoms with Gasteiger partial charge in [-0.3, -0.25) is 5.10 Å². The van der Waals surface area contributed by atoms with Gasteiger partial charge in [-0.1, -0.05) is 18.2 Å². The molecule has 0 aliphatic rings. The van der Waals surface area contributed by atoms with Crippen molar-refractivity contribution in [2.45, 2.75) is 0 Å². The van der Waals surface area contributed by atoms with Gasteiger partial charge in [0.2, 0.25) is 0 Å². The Labute approximate surface area is 130 Å². The van der Waals surface area contributed by atoms with Crippen molar-refractivity contribution in [3.63, 3.8) is 0 Å². The number of carboxylic acids is 1. The monoisotopic (exact) mass is 307 g/mol. The summed E-state index contributed by atoms with van der Waals surface area (Å²) >= 11 is 0. The molecule has 23 heavy (non-hydrogen) atoms. The molecule has 0 saturated carbocycles. The van der Waals surface area contributed by atoms with Crippen LogP contribution in [0.25, 0.3) is 22.5 Å². The van der Waals surface area contributed by atoms with Crippen LogP contribution < -0.4 is 0 Å². The lowest BCUT2D eigenvalue weighted by Crippen LogP contribution is -1.98. The van der Waals surface area contributed by atoms with Crippen LogP contribution in [0.2, 0.25) is 0 Å². The van der Waals surface area contributed by atoms with Crippen LogP contribution in [0.1, 0.15) is 15.9 Å². The molecule has 3 aromatic rings. The van der Waals surface area contributed by atoms with Gasteiger partial charge in [-0.15, -0.1) is 0 Å². The van der Waals surface area contributed by atoms with Gasteiger partial charge in [0, 0.05) is 11.1 Å². The van der Waals surface area contributed by atoms with E-state index in [2.05, 4.69) is 10.2 Å². The molecule has 3 rings (SSSR count). The fraction of sp³-hybridized carbons (Fsp3) is 0. The molecule has 0 bridgehead atoms. The smallest absolute Gasteiger partial charge is 0.336 e. The van der Waals surface area contributed by atoms with Crippen LogP contribution in [-0.2, 0) is 0 Å². The fourth-order valence-corrected chi connectivity index (χ4v) is 2.28. The summed E-state index contributed by atoms with van der Waals surface area (Å²) in [5.74, 6) is -1.63. The third kappa shape index (κ3) is 2.68. The predicted molar refractivity (Wildman–Crippen MR) is 81.1 cm³/mol. The molecular weight excluding hydrogens is 297 g/mol. The Kier molecular flexibility index (Phi) is 3.61. The van der Waals surface area contributed by atoms with Gasteiger partial charge < -0.3 is 5.11 Å². The van der Waals surface area contributed by atoms with E-state index in [1.54, 1.807) is 30.3 Å². The minimum Gasteiger partial charge on any atom is -0.478 e. The first-order chi connectivity index (χ1) is 11.1. The van der Waals surface area contributed by atoms with Crippen molar-refractivity contribution in [3.8, 4) is 28.6 Å². The number of rotatable bonds is 3. The Morgan fingerprint density at radius 3 is 2.74 bits per heavy atom. The highest BCUT2D eigenvalue weighted by Gasteiger charge is 2.14. The number of H-pyrrole nitrogens is 1. The Bertz CT molecular complexity index is 941. The summed E-state index contributed by atoms with van der Waals surface area (Å²) in [6.07, 6.45) is 0. The highest BCUT2D eigenvalue weighted by molar-refractivity contribution is 5.95. The second-order valence-electron chi connectivity index (χ2n) is 4.82. The predicted octanol–water partition coefficient (Wildman–Crippen LogP) is 3.45. The van der Waals surface area contributed by atoms with Crippen LogP contribution in [0.3, 0.4) is 0 Å². The second kappa shape index (κ2) is 5.73. The molecule has 2 N–H and O–H groups in total. The highest BCUT2D eigenvalue weighted by atomic mass is 19.1. The van der Waals surface area contributed by atoms with E-state index in [0.29, 0.717) is 22.5 Å². The molecule has 0 spiro atoms. The van der Waals surface area contributed by atoms with Crippen molar-refractivity contribution in [2.24, 2.45) is 0 Å². The lowest BCUT2D eigenvalue weighted by Gasteiger charge is -2.02. The quantitative estimate of drug-likeness (QED) is 0.775. The second-order valence-corrected chi connectivity index (χ2v) is 4.82. The number of aromatic amines is 1. The zero-order valence-corrected chi connectivity index (χ0v) is 11.7. The number of nitrogens with one attached hydrogen (secondary N) is 1. The van der Waals surface area contributed by atoms with Crippen molar-refractivity contribution in [1.29, 1.82) is 5.26 Å². The van der Waals surface area contributed by atoms with E-state index < -0.39 is 11.8 Å². The van der Waals surface area contributed by atoms with E-state index in [0.717, 1.165) is 0 Å². The van der Waals surface area contributed by atoms with E-state index in [-0.39, 0.29) is 11.1 Å². The number of hydrogen-bond donors (Lipinski definition) is 2. The summed E-state index contributed by atoms with van der Waals surface area (Å²) in [4.78, 5) is 11.3. The molecule has 0 aliphatic heterocycles. The first-order valence-electron chi connectivity index (χ1n) is 6.68. The highest BCUT2D eigenvalue weighted by Crippen LogP contribution is 2.27. The van der Waals surface area contributed by atoms with Crippen LogP contribution >= 0.6 is 0 Å². The van der Waals surface area contributed by atoms with Gasteiger partial charge in [-0.05, 0) is 30.3 Å². The average molecular weight is 307 g/mol. The van der Waals surface area contributed by atoms with E-state index in [9.17, 15) is 14.3 Å². The summed E-state index contributed by atoms with van der Waals surface area (Å²) in [7, 11) is 0. The standard InChI is InChI=1S/C17H10FN3O2/c18-14-6-5-10(7-11(14)9-19)15-8-16(21-20-15)12-3-1-2-4-13(12)17(22)23/h1-8H,(H,20,21)(H,22,23). The van der Waals surface area contributed by atoms with Gasteiger partial charge in [-0.25, -0.2) is 9.18 Å². The van der Waals surface area contributed by atoms with Crippen molar-refractivity contribution < 1.29 is 14.3 Å². The summed E-state index contributed by atoms with van der Waals surface area (Å²) in [5.41, 5.74) is 2.18. The number of halogens is 1. The molecule has 0 atom stereocenters. The van der Waals surface area contributed by atoms with Gasteiger partial charge in [0.05, 0.1) is 22.5 Å². The lowest BCUT2D eigenvalue weighted by atomic mass is 10.0. The molecule has 6 heteroatoms. The summed E-state index contributed by atoms with van der Waals surface area (Å²) in [5, 5.41) is 25.0. The van der Waals surface area contributed by atoms with Gasteiger partial charge in [0.15, 0.2) is 0 Å². The maximum atomic E-state index is 13.4. The molecule has 5 nitrogen and oxygen atoms in total. The largest absolute Gasteiger partial charge is 0.478 e. The van der Waals surface area contributed by atoms with Gasteiger partial charge >= 0.3 is 5.97 Å². The van der Waals surface area contributed by atoms with Crippen LogP contribution in [-0.4, -0.2) is 21.3 Å². The van der Waals surface area contributed by atoms with E-state index >= 15 is 0 Å². The first kappa shape index (κ1) is 14.5. The Balaban J connectivity index is 2.05. The van der Waals surface area contributed by atoms with Crippen molar-refractivity contribution in [1.82, 2.24) is 10.2 Å². The molecule has 2 aromatic carbocycles. The molecule has 0 fully saturated rings. The number of carbonyl (C=O) groups is 1. The summed E-state index contributed by atoms with van der Waals surface area (Å²) in [6.45, 7) is 0. The van der Waals surface area contributed by atoms with E-state index in [1.165, 1.54) is 24.3 Å². The third-order valence-corrected chi connectivity index (χ3v) is 3.41. The minimum absolute atomic E-state index is 0.0713. The Morgan fingerprint density at radius 1 is 1.22 bits per heavy atom. The number of aromatic carboxylic acids is 1. The number of hydrogen-bond acceptors (Lipinski definition) is 3. The van der Waals surface area contributed by atoms with Crippen LogP contribution in [0.15, 0.2) is 48.5 Å². The first-order valence-corrected chi connectivity index (χ1v) is 6.68. The topological polar surface area (TPSA) is 89.8 Å². The van der Waals surface area contributed by atoms with Gasteiger partial charge in [-0.2, -0.15) is 10.4 Å². The Morgan fingerprint density at radius 2 is 2.00 bits per heavy atom. The maximum Gasteiger partial charge on any atom is 0.336 e. The fourth-order valence-electron chi connectivity index (χ4n) is 2.28.